The first-order valence-electron chi connectivity index (χ1n) is 9.50. The van der Waals surface area contributed by atoms with Crippen LogP contribution in [-0.4, -0.2) is 34.8 Å². The number of hydrogen-bond donors (Lipinski definition) is 2. The summed E-state index contributed by atoms with van der Waals surface area (Å²) in [6.07, 6.45) is 2.40. The lowest BCUT2D eigenvalue weighted by molar-refractivity contribution is 0.842. The topological polar surface area (TPSA) is 105 Å². The average Bonchev–Trinajstić information content (AvgIpc) is 3.35. The molecule has 0 fully saturated rings. The fourth-order valence-electron chi connectivity index (χ4n) is 3.71. The van der Waals surface area contributed by atoms with Gasteiger partial charge in [-0.05, 0) is 48.0 Å². The van der Waals surface area contributed by atoms with Gasteiger partial charge in [-0.2, -0.15) is 9.61 Å². The van der Waals surface area contributed by atoms with Gasteiger partial charge in [0.15, 0.2) is 11.5 Å². The van der Waals surface area contributed by atoms with Gasteiger partial charge in [-0.15, -0.1) is 10.2 Å². The maximum Gasteiger partial charge on any atom is 0.323 e. The molecule has 4 heterocycles. The van der Waals surface area contributed by atoms with Gasteiger partial charge in [-0.1, -0.05) is 18.2 Å². The number of rotatable bonds is 3. The summed E-state index contributed by atoms with van der Waals surface area (Å²) in [4.78, 5) is 21.4. The van der Waals surface area contributed by atoms with E-state index in [9.17, 15) is 4.79 Å². The third-order valence-electron chi connectivity index (χ3n) is 5.17. The Morgan fingerprint density at radius 3 is 2.80 bits per heavy atom. The standard InChI is InChI=1S/C22H15N7O/c30-22-24-18-6-4-15(12-19(18)25-22)17-7-8-20-26-27-21(29(20)28-17)11-13-3-5-16-14(10-13)2-1-9-23-16/h1-10,12H,11H2,(H2,24,25,30). The van der Waals surface area contributed by atoms with Crippen LogP contribution in [0.1, 0.15) is 11.4 Å². The smallest absolute Gasteiger partial charge is 0.306 e. The normalized spacial score (nSPS) is 11.6. The molecule has 2 N–H and O–H groups in total. The molecule has 8 heteroatoms. The first-order valence-corrected chi connectivity index (χ1v) is 9.50. The Morgan fingerprint density at radius 1 is 0.900 bits per heavy atom. The first-order chi connectivity index (χ1) is 14.7. The number of pyridine rings is 1. The highest BCUT2D eigenvalue weighted by Crippen LogP contribution is 2.22. The molecule has 0 saturated heterocycles. The van der Waals surface area contributed by atoms with Gasteiger partial charge in [-0.3, -0.25) is 4.98 Å². The quantitative estimate of drug-likeness (QED) is 0.481. The fourth-order valence-corrected chi connectivity index (χ4v) is 3.71. The average molecular weight is 393 g/mol. The van der Waals surface area contributed by atoms with E-state index in [2.05, 4.69) is 37.3 Å². The molecule has 0 aliphatic rings. The molecule has 30 heavy (non-hydrogen) atoms. The maximum atomic E-state index is 11.5. The minimum absolute atomic E-state index is 0.225. The zero-order valence-electron chi connectivity index (χ0n) is 15.7. The minimum Gasteiger partial charge on any atom is -0.306 e. The Hall–Kier alpha value is -4.33. The molecule has 2 aromatic carbocycles. The molecule has 6 rings (SSSR count). The Bertz CT molecular complexity index is 1610. The molecule has 0 atom stereocenters. The number of H-pyrrole nitrogens is 2. The lowest BCUT2D eigenvalue weighted by Crippen LogP contribution is -2.01. The van der Waals surface area contributed by atoms with Gasteiger partial charge >= 0.3 is 5.69 Å². The van der Waals surface area contributed by atoms with Crippen LogP contribution in [0.2, 0.25) is 0 Å². The fraction of sp³-hybridized carbons (Fsp3) is 0.0455. The Kier molecular flexibility index (Phi) is 3.51. The zero-order valence-corrected chi connectivity index (χ0v) is 15.7. The van der Waals surface area contributed by atoms with Crippen molar-refractivity contribution in [3.63, 3.8) is 0 Å². The van der Waals surface area contributed by atoms with Crippen LogP contribution in [-0.2, 0) is 6.42 Å². The summed E-state index contributed by atoms with van der Waals surface area (Å²) in [5, 5.41) is 14.4. The Labute approximate surface area is 169 Å². The summed E-state index contributed by atoms with van der Waals surface area (Å²) < 4.78 is 1.77. The molecule has 4 aromatic heterocycles. The van der Waals surface area contributed by atoms with Gasteiger partial charge in [0, 0.05) is 23.6 Å². The maximum absolute atomic E-state index is 11.5. The highest BCUT2D eigenvalue weighted by atomic mass is 16.1. The van der Waals surface area contributed by atoms with E-state index in [4.69, 9.17) is 5.10 Å². The van der Waals surface area contributed by atoms with Crippen LogP contribution < -0.4 is 5.69 Å². The molecule has 0 bridgehead atoms. The van der Waals surface area contributed by atoms with Crippen LogP contribution in [0.5, 0.6) is 0 Å². The second-order valence-corrected chi connectivity index (χ2v) is 7.15. The van der Waals surface area contributed by atoms with Crippen molar-refractivity contribution in [3.05, 3.63) is 88.7 Å². The predicted octanol–water partition coefficient (Wildman–Crippen LogP) is 3.10. The lowest BCUT2D eigenvalue weighted by atomic mass is 10.1. The van der Waals surface area contributed by atoms with Crippen molar-refractivity contribution >= 4 is 27.6 Å². The number of aromatic nitrogens is 7. The van der Waals surface area contributed by atoms with Gasteiger partial charge in [0.05, 0.1) is 22.2 Å². The van der Waals surface area contributed by atoms with Gasteiger partial charge < -0.3 is 9.97 Å². The van der Waals surface area contributed by atoms with Crippen LogP contribution >= 0.6 is 0 Å². The second kappa shape index (κ2) is 6.35. The Balaban J connectivity index is 1.41. The highest BCUT2D eigenvalue weighted by molar-refractivity contribution is 5.81. The number of benzene rings is 2. The van der Waals surface area contributed by atoms with Gasteiger partial charge in [0.25, 0.3) is 0 Å². The zero-order chi connectivity index (χ0) is 20.1. The number of hydrogen-bond acceptors (Lipinski definition) is 5. The van der Waals surface area contributed by atoms with Gasteiger partial charge in [0.1, 0.15) is 0 Å². The monoisotopic (exact) mass is 393 g/mol. The van der Waals surface area contributed by atoms with E-state index in [0.717, 1.165) is 44.6 Å². The summed E-state index contributed by atoms with van der Waals surface area (Å²) in [6, 6.07) is 19.7. The molecule has 0 saturated carbocycles. The number of nitrogens with one attached hydrogen (secondary N) is 2. The minimum atomic E-state index is -0.225. The summed E-state index contributed by atoms with van der Waals surface area (Å²) in [7, 11) is 0. The summed E-state index contributed by atoms with van der Waals surface area (Å²) in [6.45, 7) is 0. The molecule has 0 unspecified atom stereocenters. The van der Waals surface area contributed by atoms with Crippen LogP contribution in [0, 0.1) is 0 Å². The van der Waals surface area contributed by atoms with Crippen molar-refractivity contribution < 1.29 is 0 Å². The van der Waals surface area contributed by atoms with Crippen molar-refractivity contribution in [1.82, 2.24) is 34.8 Å². The van der Waals surface area contributed by atoms with E-state index in [0.29, 0.717) is 12.1 Å². The molecule has 8 nitrogen and oxygen atoms in total. The number of fused-ring (bicyclic) bond motifs is 3. The van der Waals surface area contributed by atoms with Crippen LogP contribution in [0.4, 0.5) is 0 Å². The lowest BCUT2D eigenvalue weighted by Gasteiger charge is -2.05. The summed E-state index contributed by atoms with van der Waals surface area (Å²) in [5.74, 6) is 0.756. The van der Waals surface area contributed by atoms with E-state index in [-0.39, 0.29) is 5.69 Å². The largest absolute Gasteiger partial charge is 0.323 e. The predicted molar refractivity (Wildman–Crippen MR) is 113 cm³/mol. The van der Waals surface area contributed by atoms with E-state index in [1.165, 1.54) is 0 Å². The number of nitrogens with zero attached hydrogens (tertiary/aromatic N) is 5. The summed E-state index contributed by atoms with van der Waals surface area (Å²) in [5.41, 5.74) is 5.72. The SMILES string of the molecule is O=c1[nH]c2ccc(-c3ccc4nnc(Cc5ccc6ncccc6c5)n4n3)cc2[nH]1. The summed E-state index contributed by atoms with van der Waals surface area (Å²) >= 11 is 0. The molecule has 144 valence electrons. The molecule has 0 aliphatic heterocycles. The van der Waals surface area contributed by atoms with Gasteiger partial charge in [-0.25, -0.2) is 4.79 Å². The molecule has 6 aromatic rings. The third kappa shape index (κ3) is 2.74. The van der Waals surface area contributed by atoms with Crippen molar-refractivity contribution in [2.75, 3.05) is 0 Å². The van der Waals surface area contributed by atoms with Crippen molar-refractivity contribution in [2.24, 2.45) is 0 Å². The number of imidazole rings is 1. The second-order valence-electron chi connectivity index (χ2n) is 7.15. The third-order valence-corrected chi connectivity index (χ3v) is 5.17. The van der Waals surface area contributed by atoms with E-state index < -0.39 is 0 Å². The van der Waals surface area contributed by atoms with Gasteiger partial charge in [0.2, 0.25) is 0 Å². The van der Waals surface area contributed by atoms with E-state index in [1.807, 2.05) is 48.5 Å². The van der Waals surface area contributed by atoms with Crippen molar-refractivity contribution in [3.8, 4) is 11.3 Å². The van der Waals surface area contributed by atoms with Crippen LogP contribution in [0.15, 0.2) is 71.7 Å². The Morgan fingerprint density at radius 2 is 1.83 bits per heavy atom. The van der Waals surface area contributed by atoms with E-state index in [1.54, 1.807) is 10.7 Å². The molecular weight excluding hydrogens is 378 g/mol. The van der Waals surface area contributed by atoms with Crippen molar-refractivity contribution in [1.29, 1.82) is 0 Å². The molecule has 0 aliphatic carbocycles. The molecular formula is C22H15N7O. The van der Waals surface area contributed by atoms with Crippen LogP contribution in [0.3, 0.4) is 0 Å². The molecule has 0 radical (unpaired) electrons. The highest BCUT2D eigenvalue weighted by Gasteiger charge is 2.11. The molecule has 0 spiro atoms. The number of aromatic amines is 2. The molecule has 0 amide bonds. The van der Waals surface area contributed by atoms with Crippen LogP contribution in [0.25, 0.3) is 38.8 Å². The van der Waals surface area contributed by atoms with Crippen molar-refractivity contribution in [2.45, 2.75) is 6.42 Å². The van der Waals surface area contributed by atoms with E-state index >= 15 is 0 Å². The first kappa shape index (κ1) is 16.6.